The van der Waals surface area contributed by atoms with Gasteiger partial charge in [0.05, 0.1) is 13.0 Å². The molecule has 0 bridgehead atoms. The number of nitrogens with one attached hydrogen (secondary N) is 1. The van der Waals surface area contributed by atoms with Gasteiger partial charge in [-0.05, 0) is 50.8 Å². The number of nitrogens with zero attached hydrogens (tertiary/aromatic N) is 1. The van der Waals surface area contributed by atoms with Gasteiger partial charge in [-0.1, -0.05) is 19.4 Å². The van der Waals surface area contributed by atoms with E-state index in [0.717, 1.165) is 18.4 Å². The smallest absolute Gasteiger partial charge is 0.246 e. The van der Waals surface area contributed by atoms with Gasteiger partial charge in [-0.2, -0.15) is 4.31 Å². The molecule has 0 aromatic heterocycles. The first-order valence-corrected chi connectivity index (χ1v) is 10.7. The van der Waals surface area contributed by atoms with Crippen LogP contribution in [0.4, 0.5) is 0 Å². The minimum atomic E-state index is -3.70. The molecule has 2 atom stereocenters. The monoisotopic (exact) mass is 382 g/mol. The quantitative estimate of drug-likeness (QED) is 0.787. The first kappa shape index (κ1) is 20.7. The van der Waals surface area contributed by atoms with Crippen molar-refractivity contribution < 1.29 is 17.9 Å². The summed E-state index contributed by atoms with van der Waals surface area (Å²) in [6.07, 6.45) is 3.30. The van der Waals surface area contributed by atoms with Crippen molar-refractivity contribution in [2.24, 2.45) is 5.92 Å². The molecule has 1 heterocycles. The number of hydrogen-bond acceptors (Lipinski definition) is 4. The predicted octanol–water partition coefficient (Wildman–Crippen LogP) is 2.71. The van der Waals surface area contributed by atoms with E-state index in [9.17, 15) is 13.2 Å². The molecule has 1 aromatic carbocycles. The summed E-state index contributed by atoms with van der Waals surface area (Å²) in [5.41, 5.74) is 0.851. The summed E-state index contributed by atoms with van der Waals surface area (Å²) >= 11 is 0. The van der Waals surface area contributed by atoms with Crippen LogP contribution in [0.25, 0.3) is 0 Å². The van der Waals surface area contributed by atoms with Crippen molar-refractivity contribution in [1.82, 2.24) is 9.62 Å². The number of rotatable bonds is 7. The number of piperidine rings is 1. The number of carbonyl (C=O) groups excluding carboxylic acids is 1. The maximum Gasteiger partial charge on any atom is 0.246 e. The number of benzene rings is 1. The van der Waals surface area contributed by atoms with E-state index in [-0.39, 0.29) is 29.3 Å². The average molecular weight is 383 g/mol. The van der Waals surface area contributed by atoms with Crippen LogP contribution in [-0.4, -0.2) is 44.9 Å². The van der Waals surface area contributed by atoms with Gasteiger partial charge in [-0.25, -0.2) is 8.42 Å². The summed E-state index contributed by atoms with van der Waals surface area (Å²) in [5.74, 6) is -0.0329. The zero-order chi connectivity index (χ0) is 19.3. The van der Waals surface area contributed by atoms with Gasteiger partial charge in [0.25, 0.3) is 0 Å². The third-order valence-electron chi connectivity index (χ3n) is 4.80. The Labute approximate surface area is 157 Å². The largest absolute Gasteiger partial charge is 0.495 e. The standard InChI is InChI=1S/C19H30N2O4S/c1-5-7-15(3)20-19(22)16-8-6-11-21(13-16)26(23,24)18-12-14(2)9-10-17(18)25-4/h9-10,12,15-16H,5-8,11,13H2,1-4H3,(H,20,22)/t15-,16+/m1/s1. The molecule has 1 N–H and O–H groups in total. The number of sulfonamides is 1. The maximum absolute atomic E-state index is 13.1. The van der Waals surface area contributed by atoms with Crippen molar-refractivity contribution in [1.29, 1.82) is 0 Å². The Morgan fingerprint density at radius 2 is 2.15 bits per heavy atom. The molecule has 26 heavy (non-hydrogen) atoms. The summed E-state index contributed by atoms with van der Waals surface area (Å²) in [6.45, 7) is 6.54. The van der Waals surface area contributed by atoms with Crippen LogP contribution in [-0.2, 0) is 14.8 Å². The molecular formula is C19H30N2O4S. The summed E-state index contributed by atoms with van der Waals surface area (Å²) in [5, 5.41) is 3.01. The highest BCUT2D eigenvalue weighted by Gasteiger charge is 2.35. The molecule has 1 aliphatic rings. The van der Waals surface area contributed by atoms with E-state index in [0.29, 0.717) is 25.1 Å². The number of ether oxygens (including phenoxy) is 1. The fourth-order valence-corrected chi connectivity index (χ4v) is 5.13. The van der Waals surface area contributed by atoms with Crippen LogP contribution >= 0.6 is 0 Å². The van der Waals surface area contributed by atoms with Crippen molar-refractivity contribution in [2.45, 2.75) is 57.4 Å². The Morgan fingerprint density at radius 3 is 2.81 bits per heavy atom. The van der Waals surface area contributed by atoms with Crippen LogP contribution in [0.15, 0.2) is 23.1 Å². The Morgan fingerprint density at radius 1 is 1.42 bits per heavy atom. The summed E-state index contributed by atoms with van der Waals surface area (Å²) < 4.78 is 32.9. The number of carbonyl (C=O) groups is 1. The van der Waals surface area contributed by atoms with Crippen molar-refractivity contribution in [2.75, 3.05) is 20.2 Å². The third kappa shape index (κ3) is 4.76. The molecule has 7 heteroatoms. The molecule has 1 aromatic rings. The van der Waals surface area contributed by atoms with Gasteiger partial charge in [0, 0.05) is 19.1 Å². The SMILES string of the molecule is CCC[C@@H](C)NC(=O)[C@H]1CCCN(S(=O)(=O)c2cc(C)ccc2OC)C1. The second-order valence-electron chi connectivity index (χ2n) is 7.05. The lowest BCUT2D eigenvalue weighted by atomic mass is 9.98. The van der Waals surface area contributed by atoms with Crippen molar-refractivity contribution in [3.05, 3.63) is 23.8 Å². The number of methoxy groups -OCH3 is 1. The topological polar surface area (TPSA) is 75.7 Å². The van der Waals surface area contributed by atoms with E-state index in [1.807, 2.05) is 19.9 Å². The number of amides is 1. The Hall–Kier alpha value is -1.60. The number of hydrogen-bond donors (Lipinski definition) is 1. The number of aryl methyl sites for hydroxylation is 1. The molecule has 146 valence electrons. The Balaban J connectivity index is 2.18. The van der Waals surface area contributed by atoms with Crippen LogP contribution in [0.1, 0.15) is 45.1 Å². The highest BCUT2D eigenvalue weighted by atomic mass is 32.2. The van der Waals surface area contributed by atoms with Gasteiger partial charge in [0.15, 0.2) is 0 Å². The lowest BCUT2D eigenvalue weighted by Crippen LogP contribution is -2.47. The normalized spacial score (nSPS) is 19.8. The Kier molecular flexibility index (Phi) is 7.06. The van der Waals surface area contributed by atoms with Gasteiger partial charge in [0.2, 0.25) is 15.9 Å². The summed E-state index contributed by atoms with van der Waals surface area (Å²) in [4.78, 5) is 12.7. The fourth-order valence-electron chi connectivity index (χ4n) is 3.37. The molecule has 6 nitrogen and oxygen atoms in total. The zero-order valence-corrected chi connectivity index (χ0v) is 16.9. The predicted molar refractivity (Wildman–Crippen MR) is 102 cm³/mol. The first-order chi connectivity index (χ1) is 12.3. The van der Waals surface area contributed by atoms with E-state index < -0.39 is 10.0 Å². The van der Waals surface area contributed by atoms with E-state index in [1.165, 1.54) is 11.4 Å². The second-order valence-corrected chi connectivity index (χ2v) is 8.96. The van der Waals surface area contributed by atoms with Crippen LogP contribution in [0.5, 0.6) is 5.75 Å². The van der Waals surface area contributed by atoms with Crippen LogP contribution < -0.4 is 10.1 Å². The minimum absolute atomic E-state index is 0.0537. The van der Waals surface area contributed by atoms with Gasteiger partial charge in [0.1, 0.15) is 10.6 Å². The molecule has 0 radical (unpaired) electrons. The van der Waals surface area contributed by atoms with E-state index >= 15 is 0 Å². The molecule has 1 fully saturated rings. The molecule has 1 saturated heterocycles. The molecule has 1 amide bonds. The van der Waals surface area contributed by atoms with E-state index in [2.05, 4.69) is 12.2 Å². The van der Waals surface area contributed by atoms with Crippen LogP contribution in [0, 0.1) is 12.8 Å². The highest BCUT2D eigenvalue weighted by molar-refractivity contribution is 7.89. The van der Waals surface area contributed by atoms with Crippen molar-refractivity contribution in [3.63, 3.8) is 0 Å². The summed E-state index contributed by atoms with van der Waals surface area (Å²) in [6, 6.07) is 5.22. The van der Waals surface area contributed by atoms with Crippen molar-refractivity contribution in [3.8, 4) is 5.75 Å². The van der Waals surface area contributed by atoms with Crippen LogP contribution in [0.3, 0.4) is 0 Å². The van der Waals surface area contributed by atoms with Gasteiger partial charge < -0.3 is 10.1 Å². The molecule has 0 spiro atoms. The van der Waals surface area contributed by atoms with E-state index in [1.54, 1.807) is 12.1 Å². The van der Waals surface area contributed by atoms with Gasteiger partial charge in [-0.15, -0.1) is 0 Å². The summed E-state index contributed by atoms with van der Waals surface area (Å²) in [7, 11) is -2.24. The van der Waals surface area contributed by atoms with Gasteiger partial charge in [-0.3, -0.25) is 4.79 Å². The molecule has 0 aliphatic carbocycles. The second kappa shape index (κ2) is 8.86. The first-order valence-electron chi connectivity index (χ1n) is 9.24. The maximum atomic E-state index is 13.1. The highest BCUT2D eigenvalue weighted by Crippen LogP contribution is 2.30. The molecule has 2 rings (SSSR count). The van der Waals surface area contributed by atoms with Gasteiger partial charge >= 0.3 is 0 Å². The Bertz CT molecular complexity index is 733. The van der Waals surface area contributed by atoms with Crippen LogP contribution in [0.2, 0.25) is 0 Å². The minimum Gasteiger partial charge on any atom is -0.495 e. The molecular weight excluding hydrogens is 352 g/mol. The molecule has 1 aliphatic heterocycles. The fraction of sp³-hybridized carbons (Fsp3) is 0.632. The molecule has 0 unspecified atom stereocenters. The lowest BCUT2D eigenvalue weighted by molar-refractivity contribution is -0.126. The third-order valence-corrected chi connectivity index (χ3v) is 6.69. The lowest BCUT2D eigenvalue weighted by Gasteiger charge is -2.32. The average Bonchev–Trinajstić information content (AvgIpc) is 2.62. The zero-order valence-electron chi connectivity index (χ0n) is 16.1. The van der Waals surface area contributed by atoms with Crippen molar-refractivity contribution >= 4 is 15.9 Å². The van der Waals surface area contributed by atoms with E-state index in [4.69, 9.17) is 4.74 Å². The molecule has 0 saturated carbocycles.